The van der Waals surface area contributed by atoms with Crippen LogP contribution in [0.15, 0.2) is 64.3 Å². The van der Waals surface area contributed by atoms with Gasteiger partial charge in [0.15, 0.2) is 0 Å². The fourth-order valence-corrected chi connectivity index (χ4v) is 3.88. The van der Waals surface area contributed by atoms with E-state index < -0.39 is 10.0 Å². The van der Waals surface area contributed by atoms with Crippen molar-refractivity contribution >= 4 is 33.0 Å². The molecule has 0 amide bonds. The molecule has 4 nitrogen and oxygen atoms in total. The van der Waals surface area contributed by atoms with E-state index in [9.17, 15) is 8.42 Å². The second-order valence-electron chi connectivity index (χ2n) is 4.80. The second-order valence-corrected chi connectivity index (χ2v) is 7.79. The first-order valence-corrected chi connectivity index (χ1v) is 9.58. The van der Waals surface area contributed by atoms with Gasteiger partial charge in [-0.2, -0.15) is 11.3 Å². The molecule has 0 aliphatic rings. The van der Waals surface area contributed by atoms with E-state index in [0.717, 1.165) is 16.8 Å². The molecule has 0 spiro atoms. The molecule has 0 fully saturated rings. The Morgan fingerprint density at radius 3 is 2.61 bits per heavy atom. The molecule has 0 aliphatic carbocycles. The van der Waals surface area contributed by atoms with Crippen LogP contribution in [-0.2, 0) is 16.6 Å². The van der Waals surface area contributed by atoms with Crippen molar-refractivity contribution in [1.29, 1.82) is 0 Å². The average molecular weight is 365 g/mol. The fourth-order valence-electron chi connectivity index (χ4n) is 2.11. The normalized spacial score (nSPS) is 11.5. The molecule has 2 heterocycles. The summed E-state index contributed by atoms with van der Waals surface area (Å²) in [4.78, 5) is 4.54. The number of hydrogen-bond donors (Lipinski definition) is 1. The van der Waals surface area contributed by atoms with Gasteiger partial charge < -0.3 is 0 Å². The molecule has 1 aromatic carbocycles. The van der Waals surface area contributed by atoms with Crippen LogP contribution < -0.4 is 4.72 Å². The number of benzene rings is 1. The standard InChI is InChI=1S/C16H13ClN2O2S2/c17-14-3-5-15(6-4-14)23(20,21)19-10-12-2-1-8-18-16(12)13-7-9-22-11-13/h1-9,11,19H,10H2. The molecule has 3 aromatic rings. The molecule has 23 heavy (non-hydrogen) atoms. The summed E-state index contributed by atoms with van der Waals surface area (Å²) in [5, 5.41) is 4.45. The summed E-state index contributed by atoms with van der Waals surface area (Å²) in [7, 11) is -3.59. The van der Waals surface area contributed by atoms with Crippen molar-refractivity contribution < 1.29 is 8.42 Å². The van der Waals surface area contributed by atoms with Crippen LogP contribution in [0.5, 0.6) is 0 Å². The lowest BCUT2D eigenvalue weighted by Crippen LogP contribution is -2.23. The van der Waals surface area contributed by atoms with Gasteiger partial charge in [0.05, 0.1) is 10.6 Å². The Labute approximate surface area is 143 Å². The van der Waals surface area contributed by atoms with E-state index >= 15 is 0 Å². The third-order valence-electron chi connectivity index (χ3n) is 3.26. The van der Waals surface area contributed by atoms with E-state index in [1.165, 1.54) is 12.1 Å². The maximum atomic E-state index is 12.3. The topological polar surface area (TPSA) is 59.1 Å². The maximum absolute atomic E-state index is 12.3. The van der Waals surface area contributed by atoms with Crippen molar-refractivity contribution in [3.63, 3.8) is 0 Å². The summed E-state index contributed by atoms with van der Waals surface area (Å²) in [6.45, 7) is 0.171. The van der Waals surface area contributed by atoms with Crippen molar-refractivity contribution in [2.45, 2.75) is 11.4 Å². The first-order valence-electron chi connectivity index (χ1n) is 6.78. The van der Waals surface area contributed by atoms with E-state index in [1.807, 2.05) is 22.9 Å². The van der Waals surface area contributed by atoms with Gasteiger partial charge in [-0.25, -0.2) is 13.1 Å². The molecule has 3 rings (SSSR count). The molecule has 0 saturated heterocycles. The Balaban J connectivity index is 1.82. The predicted molar refractivity (Wildman–Crippen MR) is 93.0 cm³/mol. The van der Waals surface area contributed by atoms with Crippen LogP contribution in [0.2, 0.25) is 5.02 Å². The van der Waals surface area contributed by atoms with E-state index in [0.29, 0.717) is 5.02 Å². The number of halogens is 1. The van der Waals surface area contributed by atoms with E-state index in [2.05, 4.69) is 9.71 Å². The zero-order chi connectivity index (χ0) is 16.3. The van der Waals surface area contributed by atoms with Crippen molar-refractivity contribution in [2.24, 2.45) is 0 Å². The highest BCUT2D eigenvalue weighted by molar-refractivity contribution is 7.89. The van der Waals surface area contributed by atoms with Gasteiger partial charge in [0.1, 0.15) is 0 Å². The number of aromatic nitrogens is 1. The summed E-state index contributed by atoms with van der Waals surface area (Å²) in [6.07, 6.45) is 1.70. The van der Waals surface area contributed by atoms with E-state index in [-0.39, 0.29) is 11.4 Å². The Hall–Kier alpha value is -1.73. The Kier molecular flexibility index (Phi) is 4.77. The molecule has 0 bridgehead atoms. The van der Waals surface area contributed by atoms with E-state index in [4.69, 9.17) is 11.6 Å². The minimum absolute atomic E-state index is 0.171. The SMILES string of the molecule is O=S(=O)(NCc1cccnc1-c1ccsc1)c1ccc(Cl)cc1. The lowest BCUT2D eigenvalue weighted by molar-refractivity contribution is 0.581. The highest BCUT2D eigenvalue weighted by Gasteiger charge is 2.15. The molecule has 0 atom stereocenters. The molecular weight excluding hydrogens is 352 g/mol. The Morgan fingerprint density at radius 1 is 1.13 bits per heavy atom. The summed E-state index contributed by atoms with van der Waals surface area (Å²) in [5.41, 5.74) is 2.59. The zero-order valence-electron chi connectivity index (χ0n) is 11.9. The van der Waals surface area contributed by atoms with Crippen molar-refractivity contribution in [2.75, 3.05) is 0 Å². The van der Waals surface area contributed by atoms with Gasteiger partial charge in [-0.15, -0.1) is 0 Å². The van der Waals surface area contributed by atoms with Crippen LogP contribution >= 0.6 is 22.9 Å². The fraction of sp³-hybridized carbons (Fsp3) is 0.0625. The summed E-state index contributed by atoms with van der Waals surface area (Å²) in [6, 6.07) is 11.7. The van der Waals surface area contributed by atoms with Gasteiger partial charge in [-0.3, -0.25) is 4.98 Å². The average Bonchev–Trinajstić information content (AvgIpc) is 3.08. The number of hydrogen-bond acceptors (Lipinski definition) is 4. The van der Waals surface area contributed by atoms with Crippen LogP contribution in [0, 0.1) is 0 Å². The number of nitrogens with one attached hydrogen (secondary N) is 1. The summed E-state index contributed by atoms with van der Waals surface area (Å²) < 4.78 is 27.3. The number of rotatable bonds is 5. The molecule has 2 aromatic heterocycles. The first-order chi connectivity index (χ1) is 11.1. The quantitative estimate of drug-likeness (QED) is 0.745. The maximum Gasteiger partial charge on any atom is 0.240 e. The first kappa shape index (κ1) is 16.1. The highest BCUT2D eigenvalue weighted by Crippen LogP contribution is 2.24. The lowest BCUT2D eigenvalue weighted by atomic mass is 10.1. The third kappa shape index (κ3) is 3.79. The smallest absolute Gasteiger partial charge is 0.240 e. The van der Waals surface area contributed by atoms with Crippen LogP contribution in [0.25, 0.3) is 11.3 Å². The molecule has 0 radical (unpaired) electrons. The summed E-state index contributed by atoms with van der Waals surface area (Å²) >= 11 is 7.36. The second kappa shape index (κ2) is 6.80. The molecule has 0 aliphatic heterocycles. The van der Waals surface area contributed by atoms with Crippen molar-refractivity contribution in [3.05, 3.63) is 70.0 Å². The van der Waals surface area contributed by atoms with Gasteiger partial charge in [-0.1, -0.05) is 17.7 Å². The van der Waals surface area contributed by atoms with Crippen molar-refractivity contribution in [1.82, 2.24) is 9.71 Å². The molecular formula is C16H13ClN2O2S2. The molecule has 118 valence electrons. The minimum Gasteiger partial charge on any atom is -0.256 e. The van der Waals surface area contributed by atoms with E-state index in [1.54, 1.807) is 35.7 Å². The van der Waals surface area contributed by atoms with Gasteiger partial charge >= 0.3 is 0 Å². The Morgan fingerprint density at radius 2 is 1.91 bits per heavy atom. The van der Waals surface area contributed by atoms with Gasteiger partial charge in [0, 0.05) is 28.7 Å². The molecule has 7 heteroatoms. The van der Waals surface area contributed by atoms with Gasteiger partial charge in [0.25, 0.3) is 0 Å². The number of thiophene rings is 1. The molecule has 0 saturated carbocycles. The predicted octanol–water partition coefficient (Wildman–Crippen LogP) is 3.94. The van der Waals surface area contributed by atoms with Crippen LogP contribution in [-0.4, -0.2) is 13.4 Å². The van der Waals surface area contributed by atoms with Crippen LogP contribution in [0.3, 0.4) is 0 Å². The third-order valence-corrected chi connectivity index (χ3v) is 5.61. The number of pyridine rings is 1. The molecule has 1 N–H and O–H groups in total. The highest BCUT2D eigenvalue weighted by atomic mass is 35.5. The zero-order valence-corrected chi connectivity index (χ0v) is 14.3. The lowest BCUT2D eigenvalue weighted by Gasteiger charge is -2.10. The monoisotopic (exact) mass is 364 g/mol. The van der Waals surface area contributed by atoms with Gasteiger partial charge in [-0.05, 0) is 47.3 Å². The number of sulfonamides is 1. The van der Waals surface area contributed by atoms with Crippen molar-refractivity contribution in [3.8, 4) is 11.3 Å². The number of nitrogens with zero attached hydrogens (tertiary/aromatic N) is 1. The van der Waals surface area contributed by atoms with Crippen LogP contribution in [0.1, 0.15) is 5.56 Å². The summed E-state index contributed by atoms with van der Waals surface area (Å²) in [5.74, 6) is 0. The largest absolute Gasteiger partial charge is 0.256 e. The van der Waals surface area contributed by atoms with Gasteiger partial charge in [0.2, 0.25) is 10.0 Å². The molecule has 0 unspecified atom stereocenters. The Bertz CT molecular complexity index is 892. The van der Waals surface area contributed by atoms with Crippen LogP contribution in [0.4, 0.5) is 0 Å². The minimum atomic E-state index is -3.59.